The third kappa shape index (κ3) is 3.44. The lowest BCUT2D eigenvalue weighted by Crippen LogP contribution is -2.60. The standard InChI is InChI=1S/C19H23F3N2O2/c1-24-15-7-2-3-9-18(15,10-8-16(24)25)17(26)23-12-13-5-4-6-14(11-13)19(20,21)22/h4-6,11,15H,2-3,7-10,12H2,1H3,(H,23,26)/t15-,18-/m1/s1. The summed E-state index contributed by atoms with van der Waals surface area (Å²) in [6, 6.07) is 4.87. The molecule has 1 heterocycles. The molecule has 1 aliphatic carbocycles. The van der Waals surface area contributed by atoms with E-state index < -0.39 is 17.2 Å². The van der Waals surface area contributed by atoms with E-state index in [-0.39, 0.29) is 24.4 Å². The zero-order valence-corrected chi connectivity index (χ0v) is 14.7. The van der Waals surface area contributed by atoms with E-state index in [9.17, 15) is 22.8 Å². The lowest BCUT2D eigenvalue weighted by atomic mass is 9.64. The van der Waals surface area contributed by atoms with Crippen molar-refractivity contribution >= 4 is 11.8 Å². The van der Waals surface area contributed by atoms with Gasteiger partial charge in [0.05, 0.1) is 11.0 Å². The fraction of sp³-hybridized carbons (Fsp3) is 0.579. The fourth-order valence-electron chi connectivity index (χ4n) is 4.35. The first kappa shape index (κ1) is 18.7. The molecular formula is C19H23F3N2O2. The molecule has 26 heavy (non-hydrogen) atoms. The number of benzene rings is 1. The van der Waals surface area contributed by atoms with Gasteiger partial charge in [0.2, 0.25) is 11.8 Å². The molecule has 7 heteroatoms. The monoisotopic (exact) mass is 368 g/mol. The summed E-state index contributed by atoms with van der Waals surface area (Å²) >= 11 is 0. The van der Waals surface area contributed by atoms with E-state index in [4.69, 9.17) is 0 Å². The van der Waals surface area contributed by atoms with Crippen molar-refractivity contribution in [3.8, 4) is 0 Å². The third-order valence-corrected chi connectivity index (χ3v) is 5.79. The van der Waals surface area contributed by atoms with Gasteiger partial charge in [0, 0.05) is 26.1 Å². The first-order valence-corrected chi connectivity index (χ1v) is 8.94. The van der Waals surface area contributed by atoms with E-state index in [1.54, 1.807) is 18.0 Å². The number of piperidine rings is 1. The summed E-state index contributed by atoms with van der Waals surface area (Å²) in [7, 11) is 1.74. The van der Waals surface area contributed by atoms with Gasteiger partial charge in [-0.1, -0.05) is 25.0 Å². The van der Waals surface area contributed by atoms with Gasteiger partial charge in [0.25, 0.3) is 0 Å². The molecule has 0 unspecified atom stereocenters. The Kier molecular flexibility index (Phi) is 4.99. The van der Waals surface area contributed by atoms with Crippen LogP contribution in [0.25, 0.3) is 0 Å². The van der Waals surface area contributed by atoms with Crippen LogP contribution in [0, 0.1) is 5.41 Å². The Labute approximate surface area is 150 Å². The second-order valence-corrected chi connectivity index (χ2v) is 7.30. The number of rotatable bonds is 3. The van der Waals surface area contributed by atoms with Gasteiger partial charge in [-0.05, 0) is 37.0 Å². The first-order valence-electron chi connectivity index (χ1n) is 8.94. The number of halogens is 3. The number of alkyl halides is 3. The van der Waals surface area contributed by atoms with Crippen molar-refractivity contribution in [2.75, 3.05) is 7.05 Å². The number of nitrogens with zero attached hydrogens (tertiary/aromatic N) is 1. The van der Waals surface area contributed by atoms with Crippen molar-refractivity contribution in [2.45, 2.75) is 57.3 Å². The predicted molar refractivity (Wildman–Crippen MR) is 90.0 cm³/mol. The second-order valence-electron chi connectivity index (χ2n) is 7.30. The Morgan fingerprint density at radius 3 is 2.81 bits per heavy atom. The zero-order valence-electron chi connectivity index (χ0n) is 14.7. The van der Waals surface area contributed by atoms with Gasteiger partial charge in [-0.2, -0.15) is 13.2 Å². The van der Waals surface area contributed by atoms with Crippen LogP contribution in [0.5, 0.6) is 0 Å². The van der Waals surface area contributed by atoms with Gasteiger partial charge in [0.15, 0.2) is 0 Å². The molecule has 1 N–H and O–H groups in total. The van der Waals surface area contributed by atoms with Crippen LogP contribution in [0.4, 0.5) is 13.2 Å². The van der Waals surface area contributed by atoms with Crippen LogP contribution in [-0.4, -0.2) is 29.8 Å². The number of fused-ring (bicyclic) bond motifs is 1. The Bertz CT molecular complexity index is 704. The minimum absolute atomic E-state index is 0.0505. The third-order valence-electron chi connectivity index (χ3n) is 5.79. The summed E-state index contributed by atoms with van der Waals surface area (Å²) in [5.41, 5.74) is -0.930. The molecule has 142 valence electrons. The molecule has 2 amide bonds. The SMILES string of the molecule is CN1C(=O)CC[C@]2(C(=O)NCc3cccc(C(F)(F)F)c3)CCCC[C@@H]12. The number of hydrogen-bond donors (Lipinski definition) is 1. The number of amides is 2. The van der Waals surface area contributed by atoms with Gasteiger partial charge in [-0.3, -0.25) is 9.59 Å². The van der Waals surface area contributed by atoms with Gasteiger partial charge < -0.3 is 10.2 Å². The van der Waals surface area contributed by atoms with Crippen molar-refractivity contribution in [3.05, 3.63) is 35.4 Å². The molecular weight excluding hydrogens is 345 g/mol. The number of carbonyl (C=O) groups excluding carboxylic acids is 2. The second kappa shape index (κ2) is 6.93. The number of nitrogens with one attached hydrogen (secondary N) is 1. The molecule has 1 saturated carbocycles. The van der Waals surface area contributed by atoms with E-state index in [0.29, 0.717) is 24.8 Å². The Balaban J connectivity index is 1.74. The number of hydrogen-bond acceptors (Lipinski definition) is 2. The van der Waals surface area contributed by atoms with Crippen molar-refractivity contribution in [1.82, 2.24) is 10.2 Å². The lowest BCUT2D eigenvalue weighted by molar-refractivity contribution is -0.153. The van der Waals surface area contributed by atoms with Crippen LogP contribution in [0.3, 0.4) is 0 Å². The van der Waals surface area contributed by atoms with Gasteiger partial charge in [-0.15, -0.1) is 0 Å². The summed E-state index contributed by atoms with van der Waals surface area (Å²) < 4.78 is 38.5. The Morgan fingerprint density at radius 2 is 2.08 bits per heavy atom. The zero-order chi connectivity index (χ0) is 18.9. The number of likely N-dealkylation sites (tertiary alicyclic amines) is 1. The van der Waals surface area contributed by atoms with Gasteiger partial charge in [-0.25, -0.2) is 0 Å². The maximum atomic E-state index is 13.0. The van der Waals surface area contributed by atoms with E-state index in [0.717, 1.165) is 31.4 Å². The van der Waals surface area contributed by atoms with Crippen molar-refractivity contribution in [3.63, 3.8) is 0 Å². The Hall–Kier alpha value is -2.05. The van der Waals surface area contributed by atoms with Crippen LogP contribution >= 0.6 is 0 Å². The average Bonchev–Trinajstić information content (AvgIpc) is 2.62. The minimum atomic E-state index is -4.40. The van der Waals surface area contributed by atoms with E-state index >= 15 is 0 Å². The largest absolute Gasteiger partial charge is 0.416 e. The summed E-state index contributed by atoms with van der Waals surface area (Å²) in [5.74, 6) is -0.0998. The quantitative estimate of drug-likeness (QED) is 0.888. The normalized spacial score (nSPS) is 26.4. The molecule has 0 aromatic heterocycles. The minimum Gasteiger partial charge on any atom is -0.351 e. The smallest absolute Gasteiger partial charge is 0.351 e. The molecule has 3 rings (SSSR count). The van der Waals surface area contributed by atoms with Crippen molar-refractivity contribution in [1.29, 1.82) is 0 Å². The molecule has 1 aromatic carbocycles. The van der Waals surface area contributed by atoms with Crippen molar-refractivity contribution in [2.24, 2.45) is 5.41 Å². The van der Waals surface area contributed by atoms with E-state index in [1.807, 2.05) is 0 Å². The molecule has 0 bridgehead atoms. The predicted octanol–water partition coefficient (Wildman–Crippen LogP) is 3.50. The molecule has 1 saturated heterocycles. The van der Waals surface area contributed by atoms with Crippen LogP contribution in [0.15, 0.2) is 24.3 Å². The summed E-state index contributed by atoms with van der Waals surface area (Å²) in [5, 5.41) is 2.83. The molecule has 2 aliphatic rings. The highest BCUT2D eigenvalue weighted by Gasteiger charge is 2.52. The molecule has 2 fully saturated rings. The Morgan fingerprint density at radius 1 is 1.31 bits per heavy atom. The first-order chi connectivity index (χ1) is 12.2. The van der Waals surface area contributed by atoms with E-state index in [1.165, 1.54) is 6.07 Å². The molecule has 2 atom stereocenters. The highest BCUT2D eigenvalue weighted by atomic mass is 19.4. The maximum absolute atomic E-state index is 13.0. The summed E-state index contributed by atoms with van der Waals surface area (Å²) in [4.78, 5) is 26.7. The number of carbonyl (C=O) groups is 2. The van der Waals surface area contributed by atoms with Crippen LogP contribution in [0.1, 0.15) is 49.7 Å². The van der Waals surface area contributed by atoms with Crippen LogP contribution < -0.4 is 5.32 Å². The molecule has 1 aliphatic heterocycles. The average molecular weight is 368 g/mol. The van der Waals surface area contributed by atoms with Gasteiger partial charge >= 0.3 is 6.18 Å². The highest BCUT2D eigenvalue weighted by molar-refractivity contribution is 5.87. The van der Waals surface area contributed by atoms with Gasteiger partial charge in [0.1, 0.15) is 0 Å². The molecule has 1 aromatic rings. The summed E-state index contributed by atoms with van der Waals surface area (Å²) in [6.45, 7) is 0.0505. The molecule has 0 radical (unpaired) electrons. The van der Waals surface area contributed by atoms with Crippen molar-refractivity contribution < 1.29 is 22.8 Å². The fourth-order valence-corrected chi connectivity index (χ4v) is 4.35. The maximum Gasteiger partial charge on any atom is 0.416 e. The summed E-state index contributed by atoms with van der Waals surface area (Å²) in [6.07, 6.45) is -0.151. The topological polar surface area (TPSA) is 49.4 Å². The van der Waals surface area contributed by atoms with E-state index in [2.05, 4.69) is 5.32 Å². The molecule has 4 nitrogen and oxygen atoms in total. The lowest BCUT2D eigenvalue weighted by Gasteiger charge is -2.50. The molecule has 0 spiro atoms. The highest BCUT2D eigenvalue weighted by Crippen LogP contribution is 2.46. The van der Waals surface area contributed by atoms with Crippen LogP contribution in [0.2, 0.25) is 0 Å². The van der Waals surface area contributed by atoms with Crippen LogP contribution in [-0.2, 0) is 22.3 Å².